The van der Waals surface area contributed by atoms with Crippen LogP contribution in [0.25, 0.3) is 11.3 Å². The van der Waals surface area contributed by atoms with E-state index in [9.17, 15) is 9.59 Å². The molecule has 0 N–H and O–H groups in total. The smallest absolute Gasteiger partial charge is 0.276 e. The Morgan fingerprint density at radius 1 is 0.967 bits per heavy atom. The molecule has 0 saturated carbocycles. The summed E-state index contributed by atoms with van der Waals surface area (Å²) in [5.74, 6) is 1.05. The van der Waals surface area contributed by atoms with Crippen molar-refractivity contribution in [2.75, 3.05) is 19.6 Å². The van der Waals surface area contributed by atoms with Crippen LogP contribution in [0.5, 0.6) is 0 Å². The molecule has 2 amide bonds. The number of carbonyl (C=O) groups excluding carboxylic acids is 2. The molecule has 0 spiro atoms. The van der Waals surface area contributed by atoms with Crippen molar-refractivity contribution in [1.82, 2.24) is 15.0 Å². The van der Waals surface area contributed by atoms with Gasteiger partial charge in [-0.15, -0.1) is 0 Å². The number of aromatic nitrogens is 1. The van der Waals surface area contributed by atoms with Gasteiger partial charge >= 0.3 is 0 Å². The van der Waals surface area contributed by atoms with E-state index in [1.807, 2.05) is 58.3 Å². The molecule has 30 heavy (non-hydrogen) atoms. The Morgan fingerprint density at radius 3 is 2.37 bits per heavy atom. The van der Waals surface area contributed by atoms with E-state index in [1.54, 1.807) is 13.0 Å². The Morgan fingerprint density at radius 2 is 1.67 bits per heavy atom. The van der Waals surface area contributed by atoms with E-state index >= 15 is 0 Å². The van der Waals surface area contributed by atoms with Crippen molar-refractivity contribution < 1.29 is 14.1 Å². The third-order valence-corrected chi connectivity index (χ3v) is 6.28. The Kier molecular flexibility index (Phi) is 4.62. The summed E-state index contributed by atoms with van der Waals surface area (Å²) in [5.41, 5.74) is 2.35. The van der Waals surface area contributed by atoms with Crippen LogP contribution in [-0.2, 0) is 4.79 Å². The minimum absolute atomic E-state index is 0.00342. The van der Waals surface area contributed by atoms with Gasteiger partial charge in [-0.2, -0.15) is 0 Å². The summed E-state index contributed by atoms with van der Waals surface area (Å²) in [6, 6.07) is 21.5. The van der Waals surface area contributed by atoms with E-state index in [1.165, 1.54) is 0 Å². The Labute approximate surface area is 175 Å². The fourth-order valence-corrected chi connectivity index (χ4v) is 4.89. The lowest BCUT2D eigenvalue weighted by atomic mass is 9.89. The Bertz CT molecular complexity index is 1060. The summed E-state index contributed by atoms with van der Waals surface area (Å²) in [4.78, 5) is 29.2. The maximum Gasteiger partial charge on any atom is 0.276 e. The summed E-state index contributed by atoms with van der Waals surface area (Å²) in [5, 5.41) is 4.02. The van der Waals surface area contributed by atoms with Crippen molar-refractivity contribution in [1.29, 1.82) is 0 Å². The van der Waals surface area contributed by atoms with Gasteiger partial charge in [-0.3, -0.25) is 9.59 Å². The topological polar surface area (TPSA) is 66.7 Å². The zero-order valence-corrected chi connectivity index (χ0v) is 16.8. The van der Waals surface area contributed by atoms with Crippen molar-refractivity contribution in [3.63, 3.8) is 0 Å². The number of carbonyl (C=O) groups is 2. The summed E-state index contributed by atoms with van der Waals surface area (Å²) in [6.45, 7) is 3.54. The number of benzene rings is 2. The first kappa shape index (κ1) is 18.6. The highest BCUT2D eigenvalue weighted by molar-refractivity contribution is 5.93. The first-order chi connectivity index (χ1) is 14.6. The van der Waals surface area contributed by atoms with Gasteiger partial charge in [-0.05, 0) is 5.56 Å². The molecule has 0 radical (unpaired) electrons. The zero-order valence-electron chi connectivity index (χ0n) is 16.8. The van der Waals surface area contributed by atoms with E-state index < -0.39 is 0 Å². The second kappa shape index (κ2) is 7.44. The van der Waals surface area contributed by atoms with Gasteiger partial charge in [0.2, 0.25) is 5.91 Å². The molecule has 2 saturated heterocycles. The standard InChI is InChI=1S/C24H23N3O3/c1-16(28)27-14-19-13-26(15-20(19)23(27)18-10-6-3-7-11-18)24(29)21-12-22(30-25-21)17-8-4-2-5-9-17/h2-12,19-20,23H,13-15H2,1H3/t19-,20-,23+/m1/s1. The van der Waals surface area contributed by atoms with E-state index in [4.69, 9.17) is 4.52 Å². The predicted molar refractivity (Wildman–Crippen MR) is 111 cm³/mol. The lowest BCUT2D eigenvalue weighted by Gasteiger charge is -2.29. The number of rotatable bonds is 3. The molecule has 3 atom stereocenters. The van der Waals surface area contributed by atoms with Crippen molar-refractivity contribution >= 4 is 11.8 Å². The molecule has 3 heterocycles. The molecule has 5 rings (SSSR count). The maximum absolute atomic E-state index is 13.1. The lowest BCUT2D eigenvalue weighted by molar-refractivity contribution is -0.130. The van der Waals surface area contributed by atoms with Crippen LogP contribution < -0.4 is 0 Å². The summed E-state index contributed by atoms with van der Waals surface area (Å²) < 4.78 is 5.41. The highest BCUT2D eigenvalue weighted by atomic mass is 16.5. The quantitative estimate of drug-likeness (QED) is 0.672. The van der Waals surface area contributed by atoms with Crippen LogP contribution in [0.2, 0.25) is 0 Å². The van der Waals surface area contributed by atoms with Crippen LogP contribution in [0, 0.1) is 11.8 Å². The molecule has 152 valence electrons. The fraction of sp³-hybridized carbons (Fsp3) is 0.292. The van der Waals surface area contributed by atoms with Crippen LogP contribution in [-0.4, -0.2) is 46.4 Å². The molecule has 0 aliphatic carbocycles. The molecule has 6 nitrogen and oxygen atoms in total. The van der Waals surface area contributed by atoms with E-state index in [0.717, 1.165) is 11.1 Å². The van der Waals surface area contributed by atoms with E-state index in [-0.39, 0.29) is 29.7 Å². The molecular formula is C24H23N3O3. The van der Waals surface area contributed by atoms with Crippen molar-refractivity contribution in [2.24, 2.45) is 11.8 Å². The third kappa shape index (κ3) is 3.18. The van der Waals surface area contributed by atoms with E-state index in [2.05, 4.69) is 17.3 Å². The monoisotopic (exact) mass is 401 g/mol. The molecule has 2 aromatic carbocycles. The van der Waals surface area contributed by atoms with Gasteiger partial charge in [0.05, 0.1) is 6.04 Å². The molecule has 2 aliphatic heterocycles. The van der Waals surface area contributed by atoms with Gasteiger partial charge < -0.3 is 14.3 Å². The molecule has 2 aliphatic rings. The minimum atomic E-state index is -0.114. The molecule has 3 aromatic rings. The van der Waals surface area contributed by atoms with Crippen LogP contribution in [0.1, 0.15) is 29.0 Å². The van der Waals surface area contributed by atoms with Crippen molar-refractivity contribution in [2.45, 2.75) is 13.0 Å². The average molecular weight is 401 g/mol. The predicted octanol–water partition coefficient (Wildman–Crippen LogP) is 3.63. The van der Waals surface area contributed by atoms with Gasteiger partial charge in [-0.1, -0.05) is 65.8 Å². The number of hydrogen-bond acceptors (Lipinski definition) is 4. The number of likely N-dealkylation sites (tertiary alicyclic amines) is 2. The summed E-state index contributed by atoms with van der Waals surface area (Å²) >= 11 is 0. The molecule has 6 heteroatoms. The maximum atomic E-state index is 13.1. The van der Waals surface area contributed by atoms with Gasteiger partial charge in [-0.25, -0.2) is 0 Å². The molecule has 1 aromatic heterocycles. The first-order valence-corrected chi connectivity index (χ1v) is 10.3. The second-order valence-corrected chi connectivity index (χ2v) is 8.10. The molecular weight excluding hydrogens is 378 g/mol. The first-order valence-electron chi connectivity index (χ1n) is 10.3. The third-order valence-electron chi connectivity index (χ3n) is 6.28. The minimum Gasteiger partial charge on any atom is -0.355 e. The largest absolute Gasteiger partial charge is 0.355 e. The number of hydrogen-bond donors (Lipinski definition) is 0. The molecule has 2 fully saturated rings. The van der Waals surface area contributed by atoms with Crippen LogP contribution in [0.4, 0.5) is 0 Å². The lowest BCUT2D eigenvalue weighted by Crippen LogP contribution is -2.36. The second-order valence-electron chi connectivity index (χ2n) is 8.10. The van der Waals surface area contributed by atoms with Gasteiger partial charge in [0, 0.05) is 50.0 Å². The van der Waals surface area contributed by atoms with Gasteiger partial charge in [0.25, 0.3) is 5.91 Å². The SMILES string of the molecule is CC(=O)N1C[C@H]2CN(C(=O)c3cc(-c4ccccc4)on3)C[C@H]2[C@@H]1c1ccccc1. The van der Waals surface area contributed by atoms with Gasteiger partial charge in [0.1, 0.15) is 0 Å². The Balaban J connectivity index is 1.36. The highest BCUT2D eigenvalue weighted by Crippen LogP contribution is 2.45. The number of fused-ring (bicyclic) bond motifs is 1. The van der Waals surface area contributed by atoms with Gasteiger partial charge in [0.15, 0.2) is 11.5 Å². The van der Waals surface area contributed by atoms with Crippen LogP contribution >= 0.6 is 0 Å². The highest BCUT2D eigenvalue weighted by Gasteiger charge is 2.49. The molecule has 0 bridgehead atoms. The van der Waals surface area contributed by atoms with Crippen LogP contribution in [0.15, 0.2) is 71.3 Å². The normalized spacial score (nSPS) is 22.9. The fourth-order valence-electron chi connectivity index (χ4n) is 4.89. The van der Waals surface area contributed by atoms with Crippen molar-refractivity contribution in [3.05, 3.63) is 78.0 Å². The zero-order chi connectivity index (χ0) is 20.7. The van der Waals surface area contributed by atoms with E-state index in [0.29, 0.717) is 31.1 Å². The van der Waals surface area contributed by atoms with Crippen molar-refractivity contribution in [3.8, 4) is 11.3 Å². The summed E-state index contributed by atoms with van der Waals surface area (Å²) in [7, 11) is 0. The Hall–Kier alpha value is -3.41. The van der Waals surface area contributed by atoms with Crippen LogP contribution in [0.3, 0.4) is 0 Å². The molecule has 0 unspecified atom stereocenters. The number of nitrogens with zero attached hydrogens (tertiary/aromatic N) is 3. The average Bonchev–Trinajstić information content (AvgIpc) is 3.49. The number of amides is 2. The summed E-state index contributed by atoms with van der Waals surface area (Å²) in [6.07, 6.45) is 0.